The molecule has 0 aromatic rings. The van der Waals surface area contributed by atoms with Gasteiger partial charge in [0.15, 0.2) is 0 Å². The maximum atomic E-state index is 11.9. The summed E-state index contributed by atoms with van der Waals surface area (Å²) in [4.78, 5) is 44.9. The highest BCUT2D eigenvalue weighted by atomic mass is 16.4. The summed E-state index contributed by atoms with van der Waals surface area (Å²) < 4.78 is 0. The molecule has 0 rings (SSSR count). The van der Waals surface area contributed by atoms with Crippen molar-refractivity contribution in [2.24, 2.45) is 17.4 Å². The number of hydrogen-bond acceptors (Lipinski definition) is 5. The van der Waals surface area contributed by atoms with Crippen LogP contribution in [0.4, 0.5) is 0 Å². The second-order valence-corrected chi connectivity index (χ2v) is 5.41. The van der Waals surface area contributed by atoms with E-state index < -0.39 is 42.3 Å². The molecule has 3 amide bonds. The van der Waals surface area contributed by atoms with Crippen LogP contribution < -0.4 is 22.1 Å². The highest BCUT2D eigenvalue weighted by Gasteiger charge is 2.24. The standard InChI is InChI=1S/C13H24N4O5/c1-7(2)5-9(13(22)16-6-11(19)20)17-12(21)8(14)3-4-10(15)18/h7-9H,3-6,14H2,1-2H3,(H2,15,18)(H,16,22)(H,17,21)(H,19,20). The predicted octanol–water partition coefficient (Wildman–Crippen LogP) is -1.69. The van der Waals surface area contributed by atoms with Crippen LogP contribution in [0.3, 0.4) is 0 Å². The number of amides is 3. The summed E-state index contributed by atoms with van der Waals surface area (Å²) in [5, 5.41) is 13.2. The molecule has 0 aromatic heterocycles. The first-order chi connectivity index (χ1) is 10.1. The van der Waals surface area contributed by atoms with Gasteiger partial charge in [-0.15, -0.1) is 0 Å². The van der Waals surface area contributed by atoms with Crippen molar-refractivity contribution in [2.45, 2.75) is 45.2 Å². The molecule has 0 aliphatic rings. The number of hydrogen-bond donors (Lipinski definition) is 5. The van der Waals surface area contributed by atoms with E-state index in [1.165, 1.54) is 0 Å². The van der Waals surface area contributed by atoms with E-state index in [9.17, 15) is 19.2 Å². The van der Waals surface area contributed by atoms with Gasteiger partial charge in [-0.25, -0.2) is 0 Å². The van der Waals surface area contributed by atoms with Crippen molar-refractivity contribution in [3.05, 3.63) is 0 Å². The van der Waals surface area contributed by atoms with Crippen molar-refractivity contribution in [3.8, 4) is 0 Å². The Balaban J connectivity index is 4.62. The lowest BCUT2D eigenvalue weighted by atomic mass is 10.0. The van der Waals surface area contributed by atoms with Gasteiger partial charge in [-0.05, 0) is 18.8 Å². The van der Waals surface area contributed by atoms with Crippen LogP contribution in [0.5, 0.6) is 0 Å². The average molecular weight is 316 g/mol. The van der Waals surface area contributed by atoms with Crippen LogP contribution in [-0.2, 0) is 19.2 Å². The third-order valence-corrected chi connectivity index (χ3v) is 2.79. The number of carbonyl (C=O) groups excluding carboxylic acids is 3. The Labute approximate surface area is 128 Å². The predicted molar refractivity (Wildman–Crippen MR) is 78.4 cm³/mol. The van der Waals surface area contributed by atoms with Gasteiger partial charge in [0.1, 0.15) is 12.6 Å². The zero-order valence-electron chi connectivity index (χ0n) is 12.8. The Morgan fingerprint density at radius 3 is 2.18 bits per heavy atom. The van der Waals surface area contributed by atoms with Crippen LogP contribution in [0.2, 0.25) is 0 Å². The Morgan fingerprint density at radius 2 is 1.73 bits per heavy atom. The zero-order chi connectivity index (χ0) is 17.3. The van der Waals surface area contributed by atoms with E-state index in [4.69, 9.17) is 16.6 Å². The molecular formula is C13H24N4O5. The van der Waals surface area contributed by atoms with Crippen molar-refractivity contribution in [1.29, 1.82) is 0 Å². The van der Waals surface area contributed by atoms with Gasteiger partial charge in [0.2, 0.25) is 17.7 Å². The molecule has 0 saturated carbocycles. The molecule has 0 aliphatic carbocycles. The molecule has 0 spiro atoms. The summed E-state index contributed by atoms with van der Waals surface area (Å²) in [5.74, 6) is -2.83. The lowest BCUT2D eigenvalue weighted by molar-refractivity contribution is -0.138. The Bertz CT molecular complexity index is 425. The highest BCUT2D eigenvalue weighted by molar-refractivity contribution is 5.91. The van der Waals surface area contributed by atoms with E-state index in [-0.39, 0.29) is 18.8 Å². The summed E-state index contributed by atoms with van der Waals surface area (Å²) in [6.45, 7) is 3.18. The summed E-state index contributed by atoms with van der Waals surface area (Å²) in [6, 6.07) is -1.85. The lowest BCUT2D eigenvalue weighted by Crippen LogP contribution is -2.52. The molecule has 9 nitrogen and oxygen atoms in total. The van der Waals surface area contributed by atoms with Crippen molar-refractivity contribution >= 4 is 23.7 Å². The van der Waals surface area contributed by atoms with Crippen molar-refractivity contribution in [3.63, 3.8) is 0 Å². The molecule has 9 heteroatoms. The Hall–Kier alpha value is -2.16. The smallest absolute Gasteiger partial charge is 0.322 e. The number of nitrogens with two attached hydrogens (primary N) is 2. The molecule has 0 bridgehead atoms. The van der Waals surface area contributed by atoms with Crippen molar-refractivity contribution in [1.82, 2.24) is 10.6 Å². The number of primary amides is 1. The van der Waals surface area contributed by atoms with E-state index >= 15 is 0 Å². The van der Waals surface area contributed by atoms with Gasteiger partial charge in [0.05, 0.1) is 6.04 Å². The number of nitrogens with one attached hydrogen (secondary N) is 2. The second kappa shape index (κ2) is 9.72. The van der Waals surface area contributed by atoms with Gasteiger partial charge < -0.3 is 27.2 Å². The number of carboxylic acids is 1. The van der Waals surface area contributed by atoms with Crippen LogP contribution in [0.25, 0.3) is 0 Å². The number of aliphatic carboxylic acids is 1. The number of carboxylic acid groups (broad SMARTS) is 1. The van der Waals surface area contributed by atoms with E-state index in [0.717, 1.165) is 0 Å². The number of carbonyl (C=O) groups is 4. The maximum absolute atomic E-state index is 11.9. The lowest BCUT2D eigenvalue weighted by Gasteiger charge is -2.21. The monoisotopic (exact) mass is 316 g/mol. The summed E-state index contributed by atoms with van der Waals surface area (Å²) in [7, 11) is 0. The van der Waals surface area contributed by atoms with Crippen molar-refractivity contribution < 1.29 is 24.3 Å². The highest BCUT2D eigenvalue weighted by Crippen LogP contribution is 2.06. The normalized spacial score (nSPS) is 13.3. The molecule has 0 fully saturated rings. The van der Waals surface area contributed by atoms with Crippen LogP contribution in [-0.4, -0.2) is 47.4 Å². The first-order valence-corrected chi connectivity index (χ1v) is 6.97. The van der Waals surface area contributed by atoms with Crippen LogP contribution in [0.1, 0.15) is 33.1 Å². The number of rotatable bonds is 10. The van der Waals surface area contributed by atoms with Crippen LogP contribution in [0.15, 0.2) is 0 Å². The van der Waals surface area contributed by atoms with Gasteiger partial charge in [-0.2, -0.15) is 0 Å². The quantitative estimate of drug-likeness (QED) is 0.322. The van der Waals surface area contributed by atoms with Crippen molar-refractivity contribution in [2.75, 3.05) is 6.54 Å². The van der Waals surface area contributed by atoms with Gasteiger partial charge in [0.25, 0.3) is 0 Å². The summed E-state index contributed by atoms with van der Waals surface area (Å²) >= 11 is 0. The first-order valence-electron chi connectivity index (χ1n) is 6.97. The SMILES string of the molecule is CC(C)CC(NC(=O)C(N)CCC(N)=O)C(=O)NCC(=O)O. The second-order valence-electron chi connectivity index (χ2n) is 5.41. The van der Waals surface area contributed by atoms with E-state index in [1.54, 1.807) is 0 Å². The van der Waals surface area contributed by atoms with E-state index in [0.29, 0.717) is 6.42 Å². The fourth-order valence-electron chi connectivity index (χ4n) is 1.70. The van der Waals surface area contributed by atoms with Crippen LogP contribution >= 0.6 is 0 Å². The summed E-state index contributed by atoms with van der Waals surface area (Å²) in [6.07, 6.45) is 0.376. The minimum atomic E-state index is -1.18. The topological polar surface area (TPSA) is 165 Å². The minimum Gasteiger partial charge on any atom is -0.480 e. The molecular weight excluding hydrogens is 292 g/mol. The molecule has 22 heavy (non-hydrogen) atoms. The maximum Gasteiger partial charge on any atom is 0.322 e. The fourth-order valence-corrected chi connectivity index (χ4v) is 1.70. The van der Waals surface area contributed by atoms with Gasteiger partial charge in [-0.1, -0.05) is 13.8 Å². The third kappa shape index (κ3) is 8.90. The molecule has 0 aromatic carbocycles. The molecule has 0 radical (unpaired) electrons. The minimum absolute atomic E-state index is 0.0331. The molecule has 0 heterocycles. The molecule has 7 N–H and O–H groups in total. The van der Waals surface area contributed by atoms with Gasteiger partial charge in [-0.3, -0.25) is 19.2 Å². The summed E-state index contributed by atoms with van der Waals surface area (Å²) in [5.41, 5.74) is 10.6. The van der Waals surface area contributed by atoms with Gasteiger partial charge >= 0.3 is 5.97 Å². The molecule has 126 valence electrons. The Morgan fingerprint density at radius 1 is 1.14 bits per heavy atom. The first kappa shape index (κ1) is 19.8. The molecule has 2 unspecified atom stereocenters. The molecule has 0 aliphatic heterocycles. The van der Waals surface area contributed by atoms with E-state index in [2.05, 4.69) is 10.6 Å². The fraction of sp³-hybridized carbons (Fsp3) is 0.692. The molecule has 0 saturated heterocycles. The third-order valence-electron chi connectivity index (χ3n) is 2.79. The molecule has 2 atom stereocenters. The largest absolute Gasteiger partial charge is 0.480 e. The van der Waals surface area contributed by atoms with Gasteiger partial charge in [0, 0.05) is 6.42 Å². The average Bonchev–Trinajstić information content (AvgIpc) is 2.40. The van der Waals surface area contributed by atoms with Crippen LogP contribution in [0, 0.1) is 5.92 Å². The zero-order valence-corrected chi connectivity index (χ0v) is 12.8. The Kier molecular flexibility index (Phi) is 8.76. The van der Waals surface area contributed by atoms with E-state index in [1.807, 2.05) is 13.8 Å².